The molecule has 0 amide bonds. The summed E-state index contributed by atoms with van der Waals surface area (Å²) in [6.45, 7) is 3.44. The fraction of sp³-hybridized carbons (Fsp3) is 0.389. The molecule has 148 valence electrons. The third kappa shape index (κ3) is 5.37. The van der Waals surface area contributed by atoms with E-state index in [1.807, 2.05) is 36.7 Å². The van der Waals surface area contributed by atoms with Gasteiger partial charge in [0, 0.05) is 26.3 Å². The summed E-state index contributed by atoms with van der Waals surface area (Å²) in [6, 6.07) is 5.54. The molecule has 0 atom stereocenters. The molecule has 6 nitrogen and oxygen atoms in total. The van der Waals surface area contributed by atoms with Crippen molar-refractivity contribution < 1.29 is 9.47 Å². The Morgan fingerprint density at radius 3 is 2.37 bits per heavy atom. The second-order valence-electron chi connectivity index (χ2n) is 5.65. The first-order valence-corrected chi connectivity index (χ1v) is 9.47. The van der Waals surface area contributed by atoms with Gasteiger partial charge in [-0.15, -0.1) is 0 Å². The Hall–Kier alpha value is -1.76. The van der Waals surface area contributed by atoms with E-state index >= 15 is 0 Å². The number of hydrogen-bond acceptors (Lipinski definition) is 3. The number of methoxy groups -OCH3 is 1. The monoisotopic (exact) mass is 432 g/mol. The number of rotatable bonds is 7. The van der Waals surface area contributed by atoms with Crippen LogP contribution in [0.4, 0.5) is 0 Å². The largest absolute Gasteiger partial charge is 0.493 e. The molecular formula is C18H23Cl3N4O2. The Labute approximate surface area is 174 Å². The predicted molar refractivity (Wildman–Crippen MR) is 112 cm³/mol. The van der Waals surface area contributed by atoms with Crippen molar-refractivity contribution in [1.82, 2.24) is 15.2 Å². The maximum absolute atomic E-state index is 6.31. The van der Waals surface area contributed by atoms with Gasteiger partial charge in [0.2, 0.25) is 0 Å². The average molecular weight is 434 g/mol. The van der Waals surface area contributed by atoms with E-state index in [0.29, 0.717) is 52.4 Å². The van der Waals surface area contributed by atoms with Crippen LogP contribution >= 0.6 is 34.8 Å². The van der Waals surface area contributed by atoms with Crippen LogP contribution in [0.1, 0.15) is 18.2 Å². The lowest BCUT2D eigenvalue weighted by Crippen LogP contribution is -2.36. The van der Waals surface area contributed by atoms with E-state index in [4.69, 9.17) is 44.3 Å². The molecule has 0 fully saturated rings. The summed E-state index contributed by atoms with van der Waals surface area (Å²) in [6.07, 6.45) is 0. The minimum atomic E-state index is 0.504. The van der Waals surface area contributed by atoms with Crippen molar-refractivity contribution in [3.8, 4) is 11.5 Å². The molecule has 0 saturated carbocycles. The SMILES string of the molecule is CCOc1c(Cl)cc(CNC(=NC)NCc2cc(Cl)c(Cl)n2C)cc1OC. The molecule has 1 aromatic heterocycles. The van der Waals surface area contributed by atoms with Crippen LogP contribution in [0, 0.1) is 0 Å². The zero-order chi connectivity index (χ0) is 20.0. The maximum atomic E-state index is 6.31. The highest BCUT2D eigenvalue weighted by Crippen LogP contribution is 2.36. The van der Waals surface area contributed by atoms with Crippen LogP contribution < -0.4 is 20.1 Å². The fourth-order valence-corrected chi connectivity index (χ4v) is 3.20. The molecule has 1 heterocycles. The molecule has 2 aromatic rings. The van der Waals surface area contributed by atoms with Crippen LogP contribution in [0.3, 0.4) is 0 Å². The van der Waals surface area contributed by atoms with E-state index in [9.17, 15) is 0 Å². The summed E-state index contributed by atoms with van der Waals surface area (Å²) in [7, 11) is 5.14. The van der Waals surface area contributed by atoms with E-state index in [-0.39, 0.29) is 0 Å². The first-order chi connectivity index (χ1) is 12.9. The van der Waals surface area contributed by atoms with E-state index in [0.717, 1.165) is 11.3 Å². The smallest absolute Gasteiger partial charge is 0.191 e. The van der Waals surface area contributed by atoms with Crippen molar-refractivity contribution in [1.29, 1.82) is 0 Å². The van der Waals surface area contributed by atoms with Crippen LogP contribution in [-0.4, -0.2) is 31.3 Å². The quantitative estimate of drug-likeness (QED) is 0.506. The Morgan fingerprint density at radius 1 is 1.11 bits per heavy atom. The highest BCUT2D eigenvalue weighted by molar-refractivity contribution is 6.41. The number of nitrogens with zero attached hydrogens (tertiary/aromatic N) is 2. The Morgan fingerprint density at radius 2 is 1.81 bits per heavy atom. The average Bonchev–Trinajstić information content (AvgIpc) is 2.90. The van der Waals surface area contributed by atoms with Gasteiger partial charge in [0.05, 0.1) is 30.3 Å². The van der Waals surface area contributed by atoms with Crippen molar-refractivity contribution in [2.45, 2.75) is 20.0 Å². The summed E-state index contributed by atoms with van der Waals surface area (Å²) in [5.74, 6) is 1.77. The summed E-state index contributed by atoms with van der Waals surface area (Å²) in [5.41, 5.74) is 1.88. The van der Waals surface area contributed by atoms with Gasteiger partial charge in [-0.3, -0.25) is 4.99 Å². The second kappa shape index (κ2) is 9.97. The molecule has 0 aliphatic rings. The Kier molecular flexibility index (Phi) is 7.95. The highest BCUT2D eigenvalue weighted by Gasteiger charge is 2.12. The number of nitrogens with one attached hydrogen (secondary N) is 2. The third-order valence-corrected chi connectivity index (χ3v) is 5.04. The lowest BCUT2D eigenvalue weighted by Gasteiger charge is -2.15. The van der Waals surface area contributed by atoms with E-state index < -0.39 is 0 Å². The van der Waals surface area contributed by atoms with Crippen molar-refractivity contribution in [3.63, 3.8) is 0 Å². The normalized spacial score (nSPS) is 11.4. The van der Waals surface area contributed by atoms with E-state index in [1.165, 1.54) is 0 Å². The first-order valence-electron chi connectivity index (χ1n) is 8.34. The Balaban J connectivity index is 2.01. The fourth-order valence-electron chi connectivity index (χ4n) is 2.50. The number of guanidine groups is 1. The third-order valence-electron chi connectivity index (χ3n) is 3.91. The van der Waals surface area contributed by atoms with Crippen molar-refractivity contribution in [3.05, 3.63) is 44.7 Å². The zero-order valence-corrected chi connectivity index (χ0v) is 18.0. The molecule has 1 aromatic carbocycles. The van der Waals surface area contributed by atoms with Gasteiger partial charge >= 0.3 is 0 Å². The summed E-state index contributed by atoms with van der Waals surface area (Å²) < 4.78 is 12.7. The number of ether oxygens (including phenoxy) is 2. The van der Waals surface area contributed by atoms with Crippen LogP contribution in [-0.2, 0) is 20.1 Å². The molecule has 9 heteroatoms. The van der Waals surface area contributed by atoms with Gasteiger partial charge in [-0.2, -0.15) is 0 Å². The topological polar surface area (TPSA) is 59.8 Å². The van der Waals surface area contributed by atoms with Gasteiger partial charge in [0.15, 0.2) is 17.5 Å². The molecule has 0 aliphatic heterocycles. The Bertz CT molecular complexity index is 821. The van der Waals surface area contributed by atoms with Crippen molar-refractivity contribution >= 4 is 40.8 Å². The number of aliphatic imine (C=N–C) groups is 1. The molecule has 0 radical (unpaired) electrons. The van der Waals surface area contributed by atoms with Gasteiger partial charge < -0.3 is 24.7 Å². The number of benzene rings is 1. The van der Waals surface area contributed by atoms with Crippen molar-refractivity contribution in [2.24, 2.45) is 12.0 Å². The first kappa shape index (κ1) is 21.5. The number of halogens is 3. The van der Waals surface area contributed by atoms with Gasteiger partial charge in [0.1, 0.15) is 5.15 Å². The molecule has 0 unspecified atom stereocenters. The van der Waals surface area contributed by atoms with E-state index in [2.05, 4.69) is 15.6 Å². The maximum Gasteiger partial charge on any atom is 0.191 e. The predicted octanol–water partition coefficient (Wildman–Crippen LogP) is 4.26. The van der Waals surface area contributed by atoms with Crippen LogP contribution in [0.15, 0.2) is 23.2 Å². The lowest BCUT2D eigenvalue weighted by molar-refractivity contribution is 0.311. The minimum Gasteiger partial charge on any atom is -0.493 e. The zero-order valence-electron chi connectivity index (χ0n) is 15.7. The van der Waals surface area contributed by atoms with Gasteiger partial charge in [-0.05, 0) is 30.7 Å². The summed E-state index contributed by atoms with van der Waals surface area (Å²) in [4.78, 5) is 4.22. The molecule has 2 rings (SSSR count). The van der Waals surface area contributed by atoms with Crippen LogP contribution in [0.2, 0.25) is 15.2 Å². The number of hydrogen-bond donors (Lipinski definition) is 2. The highest BCUT2D eigenvalue weighted by atomic mass is 35.5. The molecule has 27 heavy (non-hydrogen) atoms. The minimum absolute atomic E-state index is 0.504. The van der Waals surface area contributed by atoms with Gasteiger partial charge in [-0.25, -0.2) is 0 Å². The van der Waals surface area contributed by atoms with Crippen LogP contribution in [0.25, 0.3) is 0 Å². The molecule has 0 spiro atoms. The van der Waals surface area contributed by atoms with Gasteiger partial charge in [-0.1, -0.05) is 34.8 Å². The standard InChI is InChI=1S/C18H23Cl3N4O2/c1-5-27-16-13(19)6-11(7-15(16)26-4)9-23-18(22-2)24-10-12-8-14(20)17(21)25(12)3/h6-8H,5,9-10H2,1-4H3,(H2,22,23,24). The summed E-state index contributed by atoms with van der Waals surface area (Å²) in [5, 5.41) is 7.99. The molecule has 0 bridgehead atoms. The lowest BCUT2D eigenvalue weighted by atomic mass is 10.2. The van der Waals surface area contributed by atoms with Crippen molar-refractivity contribution in [2.75, 3.05) is 20.8 Å². The molecule has 0 aliphatic carbocycles. The van der Waals surface area contributed by atoms with Gasteiger partial charge in [0.25, 0.3) is 0 Å². The second-order valence-corrected chi connectivity index (χ2v) is 6.83. The van der Waals surface area contributed by atoms with Crippen LogP contribution in [0.5, 0.6) is 11.5 Å². The molecular weight excluding hydrogens is 411 g/mol. The van der Waals surface area contributed by atoms with E-state index in [1.54, 1.807) is 14.2 Å². The molecule has 2 N–H and O–H groups in total. The summed E-state index contributed by atoms with van der Waals surface area (Å²) >= 11 is 18.4. The molecule has 0 saturated heterocycles. The number of aromatic nitrogens is 1.